The van der Waals surface area contributed by atoms with Crippen LogP contribution in [0.1, 0.15) is 39.1 Å². The van der Waals surface area contributed by atoms with Crippen molar-refractivity contribution in [3.63, 3.8) is 0 Å². The molecule has 22 heavy (non-hydrogen) atoms. The summed E-state index contributed by atoms with van der Waals surface area (Å²) >= 11 is 0. The fourth-order valence-corrected chi connectivity index (χ4v) is 2.42. The third kappa shape index (κ3) is 3.19. The Morgan fingerprint density at radius 2 is 2.00 bits per heavy atom. The van der Waals surface area contributed by atoms with E-state index in [2.05, 4.69) is 56.7 Å². The van der Waals surface area contributed by atoms with Crippen LogP contribution in [0.25, 0.3) is 10.9 Å². The van der Waals surface area contributed by atoms with Crippen LogP contribution in [0.4, 0.5) is 5.82 Å². The van der Waals surface area contributed by atoms with Crippen LogP contribution in [-0.4, -0.2) is 30.6 Å². The van der Waals surface area contributed by atoms with Crippen LogP contribution in [-0.2, 0) is 0 Å². The quantitative estimate of drug-likeness (QED) is 0.769. The summed E-state index contributed by atoms with van der Waals surface area (Å²) in [5.74, 6) is 1.42. The van der Waals surface area contributed by atoms with E-state index in [1.165, 1.54) is 0 Å². The molecule has 0 aliphatic rings. The number of aromatic amines is 1. The summed E-state index contributed by atoms with van der Waals surface area (Å²) in [6.45, 7) is 6.54. The van der Waals surface area contributed by atoms with Crippen molar-refractivity contribution in [3.05, 3.63) is 36.4 Å². The topological polar surface area (TPSA) is 92.3 Å². The SMILES string of the molecule is CC(C)(C)CC(Nc1ncnc2ccccc12)c1nn[nH]n1. The molecule has 0 spiro atoms. The second kappa shape index (κ2) is 5.67. The maximum Gasteiger partial charge on any atom is 0.196 e. The van der Waals surface area contributed by atoms with E-state index in [0.29, 0.717) is 5.82 Å². The van der Waals surface area contributed by atoms with Crippen molar-refractivity contribution in [1.29, 1.82) is 0 Å². The highest BCUT2D eigenvalue weighted by atomic mass is 15.5. The number of nitrogens with zero attached hydrogens (tertiary/aromatic N) is 5. The number of hydrogen-bond acceptors (Lipinski definition) is 6. The molecule has 0 bridgehead atoms. The zero-order valence-corrected chi connectivity index (χ0v) is 12.9. The molecule has 2 heterocycles. The average molecular weight is 297 g/mol. The summed E-state index contributed by atoms with van der Waals surface area (Å²) in [5.41, 5.74) is 1.02. The molecule has 0 saturated heterocycles. The number of hydrogen-bond donors (Lipinski definition) is 2. The van der Waals surface area contributed by atoms with Gasteiger partial charge in [0.1, 0.15) is 12.1 Å². The minimum Gasteiger partial charge on any atom is -0.359 e. The van der Waals surface area contributed by atoms with Gasteiger partial charge in [-0.15, -0.1) is 10.2 Å². The Labute approximate surface area is 128 Å². The van der Waals surface area contributed by atoms with Crippen molar-refractivity contribution in [2.75, 3.05) is 5.32 Å². The second-order valence-corrected chi connectivity index (χ2v) is 6.47. The molecule has 3 aromatic rings. The fraction of sp³-hybridized carbons (Fsp3) is 0.400. The zero-order chi connectivity index (χ0) is 15.6. The molecule has 7 nitrogen and oxygen atoms in total. The van der Waals surface area contributed by atoms with Crippen LogP contribution in [0.3, 0.4) is 0 Å². The number of benzene rings is 1. The smallest absolute Gasteiger partial charge is 0.196 e. The average Bonchev–Trinajstić information content (AvgIpc) is 3.00. The lowest BCUT2D eigenvalue weighted by Gasteiger charge is -2.25. The van der Waals surface area contributed by atoms with Crippen molar-refractivity contribution in [3.8, 4) is 0 Å². The van der Waals surface area contributed by atoms with Gasteiger partial charge in [-0.05, 0) is 24.0 Å². The summed E-state index contributed by atoms with van der Waals surface area (Å²) in [7, 11) is 0. The molecule has 1 unspecified atom stereocenters. The van der Waals surface area contributed by atoms with Crippen LogP contribution in [0.15, 0.2) is 30.6 Å². The van der Waals surface area contributed by atoms with Crippen LogP contribution in [0, 0.1) is 5.41 Å². The van der Waals surface area contributed by atoms with Gasteiger partial charge in [0, 0.05) is 5.39 Å². The van der Waals surface area contributed by atoms with Gasteiger partial charge in [0.25, 0.3) is 0 Å². The number of aromatic nitrogens is 6. The van der Waals surface area contributed by atoms with Gasteiger partial charge in [-0.1, -0.05) is 38.1 Å². The first kappa shape index (κ1) is 14.4. The molecule has 0 radical (unpaired) electrons. The van der Waals surface area contributed by atoms with Crippen LogP contribution in [0.5, 0.6) is 0 Å². The molecule has 3 rings (SSSR count). The predicted molar refractivity (Wildman–Crippen MR) is 84.2 cm³/mol. The number of fused-ring (bicyclic) bond motifs is 1. The minimum absolute atomic E-state index is 0.0722. The third-order valence-corrected chi connectivity index (χ3v) is 3.34. The normalized spacial score (nSPS) is 13.2. The Hall–Kier alpha value is -2.57. The molecular formula is C15H19N7. The monoisotopic (exact) mass is 297 g/mol. The standard InChI is InChI=1S/C15H19N7/c1-15(2,3)8-12(14-19-21-22-20-14)18-13-10-6-4-5-7-11(10)16-9-17-13/h4-7,9,12H,8H2,1-3H3,(H,16,17,18)(H,19,20,21,22). The second-order valence-electron chi connectivity index (χ2n) is 6.47. The Bertz CT molecular complexity index is 741. The van der Waals surface area contributed by atoms with Crippen LogP contribution >= 0.6 is 0 Å². The van der Waals surface area contributed by atoms with Crippen molar-refractivity contribution in [1.82, 2.24) is 30.6 Å². The van der Waals surface area contributed by atoms with Gasteiger partial charge in [-0.2, -0.15) is 5.21 Å². The molecule has 2 aromatic heterocycles. The van der Waals surface area contributed by atoms with E-state index in [9.17, 15) is 0 Å². The largest absolute Gasteiger partial charge is 0.359 e. The van der Waals surface area contributed by atoms with E-state index in [1.54, 1.807) is 6.33 Å². The van der Waals surface area contributed by atoms with Crippen molar-refractivity contribution in [2.45, 2.75) is 33.2 Å². The Morgan fingerprint density at radius 3 is 2.73 bits per heavy atom. The molecule has 0 aliphatic carbocycles. The maximum atomic E-state index is 4.38. The third-order valence-electron chi connectivity index (χ3n) is 3.34. The van der Waals surface area contributed by atoms with Gasteiger partial charge in [0.05, 0.1) is 11.6 Å². The molecule has 0 amide bonds. The molecular weight excluding hydrogens is 278 g/mol. The van der Waals surface area contributed by atoms with Gasteiger partial charge in [-0.3, -0.25) is 0 Å². The summed E-state index contributed by atoms with van der Waals surface area (Å²) in [4.78, 5) is 8.66. The highest BCUT2D eigenvalue weighted by molar-refractivity contribution is 5.88. The van der Waals surface area contributed by atoms with E-state index in [1.807, 2.05) is 24.3 Å². The van der Waals surface area contributed by atoms with Crippen LogP contribution in [0.2, 0.25) is 0 Å². The van der Waals surface area contributed by atoms with Gasteiger partial charge >= 0.3 is 0 Å². The molecule has 7 heteroatoms. The fourth-order valence-electron chi connectivity index (χ4n) is 2.42. The number of tetrazole rings is 1. The Balaban J connectivity index is 1.95. The Kier molecular flexibility index (Phi) is 3.70. The highest BCUT2D eigenvalue weighted by Crippen LogP contribution is 2.31. The molecule has 0 saturated carbocycles. The van der Waals surface area contributed by atoms with E-state index >= 15 is 0 Å². The lowest BCUT2D eigenvalue weighted by Crippen LogP contribution is -2.20. The van der Waals surface area contributed by atoms with Crippen LogP contribution < -0.4 is 5.32 Å². The molecule has 1 aromatic carbocycles. The molecule has 114 valence electrons. The number of para-hydroxylation sites is 1. The van der Waals surface area contributed by atoms with Gasteiger partial charge in [0.2, 0.25) is 0 Å². The summed E-state index contributed by atoms with van der Waals surface area (Å²) in [6, 6.07) is 7.84. The lowest BCUT2D eigenvalue weighted by atomic mass is 9.88. The number of nitrogens with one attached hydrogen (secondary N) is 2. The highest BCUT2D eigenvalue weighted by Gasteiger charge is 2.24. The predicted octanol–water partition coefficient (Wildman–Crippen LogP) is 2.73. The zero-order valence-electron chi connectivity index (χ0n) is 12.9. The minimum atomic E-state index is -0.0722. The van der Waals surface area contributed by atoms with Crippen molar-refractivity contribution in [2.24, 2.45) is 5.41 Å². The number of H-pyrrole nitrogens is 1. The first-order valence-corrected chi connectivity index (χ1v) is 7.22. The lowest BCUT2D eigenvalue weighted by molar-refractivity contribution is 0.347. The molecule has 2 N–H and O–H groups in total. The summed E-state index contributed by atoms with van der Waals surface area (Å²) in [6.07, 6.45) is 2.42. The van der Waals surface area contributed by atoms with E-state index < -0.39 is 0 Å². The first-order chi connectivity index (χ1) is 10.5. The van der Waals surface area contributed by atoms with E-state index in [0.717, 1.165) is 23.1 Å². The van der Waals surface area contributed by atoms with E-state index in [4.69, 9.17) is 0 Å². The number of anilines is 1. The first-order valence-electron chi connectivity index (χ1n) is 7.22. The van der Waals surface area contributed by atoms with Gasteiger partial charge < -0.3 is 5.32 Å². The Morgan fingerprint density at radius 1 is 1.18 bits per heavy atom. The molecule has 0 aliphatic heterocycles. The number of rotatable bonds is 4. The van der Waals surface area contributed by atoms with Crippen molar-refractivity contribution < 1.29 is 0 Å². The van der Waals surface area contributed by atoms with Crippen molar-refractivity contribution >= 4 is 16.7 Å². The maximum absolute atomic E-state index is 4.38. The van der Waals surface area contributed by atoms with Gasteiger partial charge in [0.15, 0.2) is 5.82 Å². The van der Waals surface area contributed by atoms with Gasteiger partial charge in [-0.25, -0.2) is 9.97 Å². The molecule has 0 fully saturated rings. The van der Waals surface area contributed by atoms with E-state index in [-0.39, 0.29) is 11.5 Å². The molecule has 1 atom stereocenters. The summed E-state index contributed by atoms with van der Waals surface area (Å²) < 4.78 is 0. The summed E-state index contributed by atoms with van der Waals surface area (Å²) in [5, 5.41) is 18.9.